The zero-order valence-electron chi connectivity index (χ0n) is 14.6. The van der Waals surface area contributed by atoms with Crippen LogP contribution in [-0.2, 0) is 11.0 Å². The highest BCUT2D eigenvalue weighted by Crippen LogP contribution is 2.61. The van der Waals surface area contributed by atoms with E-state index in [2.05, 4.69) is 10.5 Å². The van der Waals surface area contributed by atoms with Gasteiger partial charge in [0.15, 0.2) is 0 Å². The van der Waals surface area contributed by atoms with Gasteiger partial charge in [0.2, 0.25) is 5.91 Å². The van der Waals surface area contributed by atoms with Crippen LogP contribution < -0.4 is 5.43 Å². The van der Waals surface area contributed by atoms with E-state index >= 15 is 0 Å². The van der Waals surface area contributed by atoms with Gasteiger partial charge >= 0.3 is 6.18 Å². The summed E-state index contributed by atoms with van der Waals surface area (Å²) in [5.74, 6) is 2.09. The first-order valence-electron chi connectivity index (χ1n) is 9.31. The van der Waals surface area contributed by atoms with Gasteiger partial charge in [-0.15, -0.1) is 0 Å². The van der Waals surface area contributed by atoms with E-state index in [1.165, 1.54) is 37.5 Å². The largest absolute Gasteiger partial charge is 0.417 e. The van der Waals surface area contributed by atoms with Crippen molar-refractivity contribution in [1.29, 1.82) is 0 Å². The first kappa shape index (κ1) is 17.6. The monoisotopic (exact) mass is 364 g/mol. The number of rotatable bonds is 4. The molecule has 0 spiro atoms. The zero-order valence-corrected chi connectivity index (χ0v) is 14.6. The summed E-state index contributed by atoms with van der Waals surface area (Å²) in [5, 5.41) is 3.79. The van der Waals surface area contributed by atoms with Crippen LogP contribution in [0.15, 0.2) is 29.4 Å². The van der Waals surface area contributed by atoms with Crippen LogP contribution in [0.1, 0.15) is 56.1 Å². The van der Waals surface area contributed by atoms with E-state index in [0.717, 1.165) is 49.3 Å². The van der Waals surface area contributed by atoms with Gasteiger partial charge in [0, 0.05) is 12.0 Å². The number of hydrazone groups is 1. The summed E-state index contributed by atoms with van der Waals surface area (Å²) in [6.45, 7) is 0. The van der Waals surface area contributed by atoms with Crippen LogP contribution in [0, 0.1) is 23.2 Å². The summed E-state index contributed by atoms with van der Waals surface area (Å²) < 4.78 is 38.9. The van der Waals surface area contributed by atoms with Crippen molar-refractivity contribution in [2.24, 2.45) is 28.3 Å². The highest BCUT2D eigenvalue weighted by atomic mass is 19.4. The van der Waals surface area contributed by atoms with Crippen molar-refractivity contribution in [1.82, 2.24) is 5.43 Å². The highest BCUT2D eigenvalue weighted by Gasteiger charge is 2.51. The van der Waals surface area contributed by atoms with Crippen LogP contribution in [0.5, 0.6) is 0 Å². The van der Waals surface area contributed by atoms with Crippen LogP contribution >= 0.6 is 0 Å². The molecule has 4 saturated carbocycles. The fraction of sp³-hybridized carbons (Fsp3) is 0.600. The smallest absolute Gasteiger partial charge is 0.273 e. The maximum Gasteiger partial charge on any atom is 0.417 e. The zero-order chi connectivity index (χ0) is 18.4. The van der Waals surface area contributed by atoms with E-state index in [9.17, 15) is 18.0 Å². The number of nitrogens with one attached hydrogen (secondary N) is 1. The van der Waals surface area contributed by atoms with E-state index < -0.39 is 11.7 Å². The standard InChI is InChI=1S/C20H23F3N2O/c21-20(22,23)17-4-2-1-3-16(17)12-24-25-18(26)11-19-8-13-5-14(9-19)7-15(6-13)10-19/h1-4,12-15H,5-11H2,(H,25,26)/b24-12-. The van der Waals surface area contributed by atoms with E-state index in [1.54, 1.807) is 0 Å². The molecule has 140 valence electrons. The van der Waals surface area contributed by atoms with Crippen molar-refractivity contribution in [3.8, 4) is 0 Å². The summed E-state index contributed by atoms with van der Waals surface area (Å²) in [7, 11) is 0. The second-order valence-electron chi connectivity index (χ2n) is 8.47. The molecule has 0 heterocycles. The lowest BCUT2D eigenvalue weighted by Gasteiger charge is -2.56. The Bertz CT molecular complexity index is 691. The Morgan fingerprint density at radius 1 is 1.12 bits per heavy atom. The van der Waals surface area contributed by atoms with Gasteiger partial charge < -0.3 is 0 Å². The average molecular weight is 364 g/mol. The number of carbonyl (C=O) groups excluding carboxylic acids is 1. The third kappa shape index (κ3) is 3.51. The Morgan fingerprint density at radius 3 is 2.27 bits per heavy atom. The molecule has 5 rings (SSSR count). The number of carbonyl (C=O) groups is 1. The lowest BCUT2D eigenvalue weighted by atomic mass is 9.49. The van der Waals surface area contributed by atoms with Gasteiger partial charge in [-0.1, -0.05) is 18.2 Å². The number of halogens is 3. The molecule has 4 bridgehead atoms. The summed E-state index contributed by atoms with van der Waals surface area (Å²) in [5.41, 5.74) is 1.75. The van der Waals surface area contributed by atoms with Gasteiger partial charge in [-0.2, -0.15) is 18.3 Å². The molecule has 1 N–H and O–H groups in total. The molecule has 1 aromatic carbocycles. The van der Waals surface area contributed by atoms with Crippen molar-refractivity contribution in [3.63, 3.8) is 0 Å². The first-order valence-corrected chi connectivity index (χ1v) is 9.31. The molecule has 26 heavy (non-hydrogen) atoms. The molecule has 3 nitrogen and oxygen atoms in total. The SMILES string of the molecule is O=C(CC12CC3CC(CC(C3)C1)C2)N/N=C\c1ccccc1C(F)(F)F. The molecule has 0 aliphatic heterocycles. The van der Waals surface area contributed by atoms with Crippen molar-refractivity contribution >= 4 is 12.1 Å². The molecule has 0 saturated heterocycles. The predicted octanol–water partition coefficient (Wildman–Crippen LogP) is 4.76. The van der Waals surface area contributed by atoms with Crippen molar-refractivity contribution in [2.75, 3.05) is 0 Å². The third-order valence-electron chi connectivity index (χ3n) is 6.36. The van der Waals surface area contributed by atoms with Gasteiger partial charge in [-0.25, -0.2) is 5.43 Å². The summed E-state index contributed by atoms with van der Waals surface area (Å²) in [6, 6.07) is 5.22. The average Bonchev–Trinajstić information content (AvgIpc) is 2.52. The Balaban J connectivity index is 1.39. The fourth-order valence-corrected chi connectivity index (χ4v) is 5.93. The molecule has 6 heteroatoms. The highest BCUT2D eigenvalue weighted by molar-refractivity contribution is 5.84. The second-order valence-corrected chi connectivity index (χ2v) is 8.47. The molecule has 0 atom stereocenters. The predicted molar refractivity (Wildman–Crippen MR) is 92.4 cm³/mol. The fourth-order valence-electron chi connectivity index (χ4n) is 5.93. The summed E-state index contributed by atoms with van der Waals surface area (Å²) in [4.78, 5) is 12.4. The number of benzene rings is 1. The van der Waals surface area contributed by atoms with Gasteiger partial charge in [0.1, 0.15) is 0 Å². The number of hydrogen-bond acceptors (Lipinski definition) is 2. The summed E-state index contributed by atoms with van der Waals surface area (Å²) in [6.07, 6.45) is 4.38. The molecule has 4 aliphatic rings. The second kappa shape index (κ2) is 6.39. The Morgan fingerprint density at radius 2 is 1.69 bits per heavy atom. The lowest BCUT2D eigenvalue weighted by molar-refractivity contribution is -0.137. The molecule has 0 radical (unpaired) electrons. The van der Waals surface area contributed by atoms with E-state index in [0.29, 0.717) is 6.42 Å². The molecule has 0 aromatic heterocycles. The number of nitrogens with zero attached hydrogens (tertiary/aromatic N) is 1. The molecule has 4 aliphatic carbocycles. The van der Waals surface area contributed by atoms with Gasteiger partial charge in [-0.3, -0.25) is 4.79 Å². The van der Waals surface area contributed by atoms with Gasteiger partial charge in [0.05, 0.1) is 11.8 Å². The molecule has 4 fully saturated rings. The summed E-state index contributed by atoms with van der Waals surface area (Å²) >= 11 is 0. The number of alkyl halides is 3. The first-order chi connectivity index (χ1) is 12.3. The van der Waals surface area contributed by atoms with Crippen LogP contribution in [0.3, 0.4) is 0 Å². The topological polar surface area (TPSA) is 41.5 Å². The van der Waals surface area contributed by atoms with Crippen LogP contribution in [0.2, 0.25) is 0 Å². The van der Waals surface area contributed by atoms with E-state index in [1.807, 2.05) is 0 Å². The van der Waals surface area contributed by atoms with E-state index in [4.69, 9.17) is 0 Å². The maximum atomic E-state index is 13.0. The maximum absolute atomic E-state index is 13.0. The van der Waals surface area contributed by atoms with Gasteiger partial charge in [-0.05, 0) is 67.8 Å². The number of amides is 1. The molecule has 1 amide bonds. The Hall–Kier alpha value is -1.85. The Labute approximate surface area is 151 Å². The minimum absolute atomic E-state index is 0.0462. The van der Waals surface area contributed by atoms with Crippen molar-refractivity contribution in [3.05, 3.63) is 35.4 Å². The van der Waals surface area contributed by atoms with Crippen LogP contribution in [0.4, 0.5) is 13.2 Å². The van der Waals surface area contributed by atoms with E-state index in [-0.39, 0.29) is 16.9 Å². The van der Waals surface area contributed by atoms with Crippen LogP contribution in [0.25, 0.3) is 0 Å². The van der Waals surface area contributed by atoms with Crippen molar-refractivity contribution in [2.45, 2.75) is 51.1 Å². The normalized spacial score (nSPS) is 33.0. The molecular formula is C20H23F3N2O. The number of hydrogen-bond donors (Lipinski definition) is 1. The molecule has 0 unspecified atom stereocenters. The Kier molecular flexibility index (Phi) is 4.32. The lowest BCUT2D eigenvalue weighted by Crippen LogP contribution is -2.47. The van der Waals surface area contributed by atoms with Gasteiger partial charge in [0.25, 0.3) is 0 Å². The minimum Gasteiger partial charge on any atom is -0.273 e. The molecular weight excluding hydrogens is 341 g/mol. The van der Waals surface area contributed by atoms with Crippen molar-refractivity contribution < 1.29 is 18.0 Å². The third-order valence-corrected chi connectivity index (χ3v) is 6.36. The molecule has 1 aromatic rings. The minimum atomic E-state index is -4.44. The quantitative estimate of drug-likeness (QED) is 0.607. The van der Waals surface area contributed by atoms with Crippen LogP contribution in [-0.4, -0.2) is 12.1 Å².